The van der Waals surface area contributed by atoms with Crippen LogP contribution < -0.4 is 10.6 Å². The summed E-state index contributed by atoms with van der Waals surface area (Å²) in [5.41, 5.74) is 1.54. The Labute approximate surface area is 124 Å². The van der Waals surface area contributed by atoms with E-state index in [9.17, 15) is 14.7 Å². The molecule has 0 saturated heterocycles. The van der Waals surface area contributed by atoms with Gasteiger partial charge in [0.15, 0.2) is 0 Å². The molecule has 0 aliphatic heterocycles. The van der Waals surface area contributed by atoms with Gasteiger partial charge in [-0.2, -0.15) is 0 Å². The van der Waals surface area contributed by atoms with Crippen molar-refractivity contribution in [3.63, 3.8) is 0 Å². The van der Waals surface area contributed by atoms with Crippen LogP contribution in [0.1, 0.15) is 31.2 Å². The molecule has 0 radical (unpaired) electrons. The largest absolute Gasteiger partial charge is 0.393 e. The number of hydrogen-bond donors (Lipinski definition) is 3. The van der Waals surface area contributed by atoms with Crippen LogP contribution in [0.2, 0.25) is 0 Å². The lowest BCUT2D eigenvalue weighted by molar-refractivity contribution is -0.136. The lowest BCUT2D eigenvalue weighted by atomic mass is 9.86. The van der Waals surface area contributed by atoms with Crippen molar-refractivity contribution in [3.05, 3.63) is 29.8 Å². The van der Waals surface area contributed by atoms with E-state index in [0.29, 0.717) is 12.2 Å². The molecule has 1 aromatic rings. The highest BCUT2D eigenvalue weighted by molar-refractivity contribution is 6.39. The van der Waals surface area contributed by atoms with E-state index in [1.165, 1.54) is 0 Å². The van der Waals surface area contributed by atoms with Gasteiger partial charge in [-0.3, -0.25) is 9.59 Å². The topological polar surface area (TPSA) is 78.4 Å². The Morgan fingerprint density at radius 1 is 1.19 bits per heavy atom. The van der Waals surface area contributed by atoms with Gasteiger partial charge >= 0.3 is 11.8 Å². The van der Waals surface area contributed by atoms with E-state index in [0.717, 1.165) is 31.2 Å². The van der Waals surface area contributed by atoms with E-state index in [-0.39, 0.29) is 12.0 Å². The maximum atomic E-state index is 11.8. The Hall–Kier alpha value is -1.88. The lowest BCUT2D eigenvalue weighted by Gasteiger charge is -2.27. The van der Waals surface area contributed by atoms with Crippen LogP contribution in [0.15, 0.2) is 24.3 Å². The Morgan fingerprint density at radius 3 is 2.62 bits per heavy atom. The molecule has 2 amide bonds. The first-order valence-electron chi connectivity index (χ1n) is 7.41. The number of anilines is 1. The van der Waals surface area contributed by atoms with Crippen molar-refractivity contribution in [2.75, 3.05) is 11.9 Å². The average Bonchev–Trinajstić information content (AvgIpc) is 2.48. The summed E-state index contributed by atoms with van der Waals surface area (Å²) < 4.78 is 0. The highest BCUT2D eigenvalue weighted by Crippen LogP contribution is 2.23. The van der Waals surface area contributed by atoms with Crippen LogP contribution >= 0.6 is 0 Å². The number of rotatable bonds is 3. The van der Waals surface area contributed by atoms with E-state index in [2.05, 4.69) is 10.6 Å². The predicted octanol–water partition coefficient (Wildman–Crippen LogP) is 1.60. The van der Waals surface area contributed by atoms with E-state index in [1.807, 2.05) is 19.1 Å². The first kappa shape index (κ1) is 15.5. The number of aliphatic hydroxyl groups is 1. The molecule has 0 spiro atoms. The third-order valence-corrected chi connectivity index (χ3v) is 3.99. The Kier molecular flexibility index (Phi) is 5.33. The van der Waals surface area contributed by atoms with Crippen LogP contribution in [0, 0.1) is 12.8 Å². The number of benzene rings is 1. The second-order valence-corrected chi connectivity index (χ2v) is 5.59. The highest BCUT2D eigenvalue weighted by atomic mass is 16.3. The maximum Gasteiger partial charge on any atom is 0.313 e. The molecule has 21 heavy (non-hydrogen) atoms. The van der Waals surface area contributed by atoms with Gasteiger partial charge in [-0.1, -0.05) is 31.0 Å². The van der Waals surface area contributed by atoms with Crippen LogP contribution in [-0.4, -0.2) is 29.6 Å². The molecule has 114 valence electrons. The smallest absolute Gasteiger partial charge is 0.313 e. The molecule has 5 heteroatoms. The molecule has 2 atom stereocenters. The number of para-hydroxylation sites is 1. The van der Waals surface area contributed by atoms with Crippen molar-refractivity contribution in [3.8, 4) is 0 Å². The summed E-state index contributed by atoms with van der Waals surface area (Å²) in [5, 5.41) is 15.0. The molecule has 5 nitrogen and oxygen atoms in total. The van der Waals surface area contributed by atoms with Crippen LogP contribution in [-0.2, 0) is 9.59 Å². The van der Waals surface area contributed by atoms with Gasteiger partial charge in [-0.25, -0.2) is 0 Å². The van der Waals surface area contributed by atoms with Gasteiger partial charge in [-0.05, 0) is 31.4 Å². The fraction of sp³-hybridized carbons (Fsp3) is 0.500. The minimum absolute atomic E-state index is 0.0500. The van der Waals surface area contributed by atoms with Gasteiger partial charge in [-0.15, -0.1) is 0 Å². The Bertz CT molecular complexity index is 516. The molecular formula is C16H22N2O3. The molecule has 0 bridgehead atoms. The standard InChI is InChI=1S/C16H22N2O3/c1-11-6-2-4-8-13(11)18-16(21)15(20)17-10-12-7-3-5-9-14(12)19/h2,4,6,8,12,14,19H,3,5,7,9-10H2,1H3,(H,17,20)(H,18,21)/t12-,14+/m1/s1. The van der Waals surface area contributed by atoms with E-state index >= 15 is 0 Å². The van der Waals surface area contributed by atoms with Crippen molar-refractivity contribution in [2.45, 2.75) is 38.7 Å². The SMILES string of the molecule is Cc1ccccc1NC(=O)C(=O)NC[C@H]1CCCC[C@@H]1O. The zero-order valence-electron chi connectivity index (χ0n) is 12.3. The number of nitrogens with one attached hydrogen (secondary N) is 2. The van der Waals surface area contributed by atoms with Crippen LogP contribution in [0.3, 0.4) is 0 Å². The number of amides is 2. The molecule has 0 unspecified atom stereocenters. The molecular weight excluding hydrogens is 268 g/mol. The monoisotopic (exact) mass is 290 g/mol. The third kappa shape index (κ3) is 4.29. The van der Waals surface area contributed by atoms with Crippen molar-refractivity contribution in [1.82, 2.24) is 5.32 Å². The minimum Gasteiger partial charge on any atom is -0.393 e. The summed E-state index contributed by atoms with van der Waals surface area (Å²) >= 11 is 0. The summed E-state index contributed by atoms with van der Waals surface area (Å²) in [6.45, 7) is 2.22. The summed E-state index contributed by atoms with van der Waals surface area (Å²) in [5.74, 6) is -1.28. The van der Waals surface area contributed by atoms with Crippen molar-refractivity contribution < 1.29 is 14.7 Å². The third-order valence-electron chi connectivity index (χ3n) is 3.99. The molecule has 3 N–H and O–H groups in total. The van der Waals surface area contributed by atoms with Crippen LogP contribution in [0.25, 0.3) is 0 Å². The summed E-state index contributed by atoms with van der Waals surface area (Å²) in [6, 6.07) is 7.30. The van der Waals surface area contributed by atoms with Crippen molar-refractivity contribution >= 4 is 17.5 Å². The van der Waals surface area contributed by atoms with E-state index < -0.39 is 11.8 Å². The summed E-state index contributed by atoms with van der Waals surface area (Å²) in [4.78, 5) is 23.6. The molecule has 0 heterocycles. The van der Waals surface area contributed by atoms with Crippen molar-refractivity contribution in [2.24, 2.45) is 5.92 Å². The van der Waals surface area contributed by atoms with Gasteiger partial charge in [0, 0.05) is 18.2 Å². The quantitative estimate of drug-likeness (QED) is 0.740. The zero-order valence-corrected chi connectivity index (χ0v) is 12.3. The molecule has 1 saturated carbocycles. The van der Waals surface area contributed by atoms with Gasteiger partial charge in [0.2, 0.25) is 0 Å². The molecule has 1 aliphatic carbocycles. The van der Waals surface area contributed by atoms with Gasteiger partial charge in [0.1, 0.15) is 0 Å². The number of carbonyl (C=O) groups excluding carboxylic acids is 2. The fourth-order valence-corrected chi connectivity index (χ4v) is 2.62. The van der Waals surface area contributed by atoms with Crippen LogP contribution in [0.4, 0.5) is 5.69 Å². The second kappa shape index (κ2) is 7.22. The molecule has 2 rings (SSSR count). The van der Waals surface area contributed by atoms with E-state index in [4.69, 9.17) is 0 Å². The molecule has 0 aromatic heterocycles. The molecule has 1 aliphatic rings. The summed E-state index contributed by atoms with van der Waals surface area (Å²) in [6.07, 6.45) is 3.38. The fourth-order valence-electron chi connectivity index (χ4n) is 2.62. The lowest BCUT2D eigenvalue weighted by Crippen LogP contribution is -2.41. The number of hydrogen-bond acceptors (Lipinski definition) is 3. The molecule has 1 aromatic carbocycles. The zero-order chi connectivity index (χ0) is 15.2. The maximum absolute atomic E-state index is 11.8. The predicted molar refractivity (Wildman–Crippen MR) is 80.8 cm³/mol. The number of carbonyl (C=O) groups is 2. The van der Waals surface area contributed by atoms with Gasteiger partial charge in [0.05, 0.1) is 6.10 Å². The van der Waals surface area contributed by atoms with Crippen LogP contribution in [0.5, 0.6) is 0 Å². The Morgan fingerprint density at radius 2 is 1.90 bits per heavy atom. The van der Waals surface area contributed by atoms with Crippen molar-refractivity contribution in [1.29, 1.82) is 0 Å². The number of aryl methyl sites for hydroxylation is 1. The normalized spacial score (nSPS) is 21.6. The Balaban J connectivity index is 1.83. The average molecular weight is 290 g/mol. The molecule has 1 fully saturated rings. The summed E-state index contributed by atoms with van der Waals surface area (Å²) in [7, 11) is 0. The first-order chi connectivity index (χ1) is 10.1. The highest BCUT2D eigenvalue weighted by Gasteiger charge is 2.24. The van der Waals surface area contributed by atoms with Gasteiger partial charge < -0.3 is 15.7 Å². The second-order valence-electron chi connectivity index (χ2n) is 5.59. The minimum atomic E-state index is -0.672. The first-order valence-corrected chi connectivity index (χ1v) is 7.41. The van der Waals surface area contributed by atoms with E-state index in [1.54, 1.807) is 12.1 Å². The van der Waals surface area contributed by atoms with Gasteiger partial charge in [0.25, 0.3) is 0 Å². The number of aliphatic hydroxyl groups excluding tert-OH is 1.